The van der Waals surface area contributed by atoms with Crippen molar-refractivity contribution in [2.24, 2.45) is 7.05 Å². The van der Waals surface area contributed by atoms with E-state index in [1.807, 2.05) is 31.3 Å². The maximum absolute atomic E-state index is 12.1. The van der Waals surface area contributed by atoms with E-state index in [0.29, 0.717) is 23.4 Å². The molecular formula is C17H21N5O2. The fraction of sp³-hybridized carbons (Fsp3) is 0.353. The highest BCUT2D eigenvalue weighted by Crippen LogP contribution is 2.28. The first-order chi connectivity index (χ1) is 11.5. The van der Waals surface area contributed by atoms with Crippen molar-refractivity contribution in [2.75, 3.05) is 14.2 Å². The number of nitrogens with zero attached hydrogens (tertiary/aromatic N) is 4. The van der Waals surface area contributed by atoms with Crippen molar-refractivity contribution in [3.63, 3.8) is 0 Å². The summed E-state index contributed by atoms with van der Waals surface area (Å²) >= 11 is 0. The number of hydrogen-bond donors (Lipinski definition) is 1. The number of ether oxygens (including phenoxy) is 1. The predicted octanol–water partition coefficient (Wildman–Crippen LogP) is 1.86. The lowest BCUT2D eigenvalue weighted by Gasteiger charge is -2.25. The van der Waals surface area contributed by atoms with Crippen molar-refractivity contribution in [1.82, 2.24) is 24.6 Å². The zero-order valence-electron chi connectivity index (χ0n) is 14.3. The maximum Gasteiger partial charge on any atom is 0.262 e. The van der Waals surface area contributed by atoms with E-state index in [9.17, 15) is 4.79 Å². The number of rotatable bonds is 5. The third-order valence-electron chi connectivity index (χ3n) is 4.30. The van der Waals surface area contributed by atoms with Crippen LogP contribution in [0.1, 0.15) is 24.4 Å². The largest absolute Gasteiger partial charge is 0.496 e. The van der Waals surface area contributed by atoms with Gasteiger partial charge in [0.2, 0.25) is 0 Å². The van der Waals surface area contributed by atoms with Crippen molar-refractivity contribution >= 4 is 11.0 Å². The molecule has 0 aliphatic carbocycles. The predicted molar refractivity (Wildman–Crippen MR) is 92.0 cm³/mol. The molecule has 1 N–H and O–H groups in total. The van der Waals surface area contributed by atoms with Crippen LogP contribution in [0.2, 0.25) is 0 Å². The molecule has 0 unspecified atom stereocenters. The quantitative estimate of drug-likeness (QED) is 0.774. The lowest BCUT2D eigenvalue weighted by atomic mass is 10.1. The first-order valence-electron chi connectivity index (χ1n) is 7.75. The molecule has 0 aliphatic rings. The number of aromatic amines is 1. The number of aryl methyl sites for hydroxylation is 1. The smallest absolute Gasteiger partial charge is 0.262 e. The second kappa shape index (κ2) is 6.45. The molecule has 0 spiro atoms. The van der Waals surface area contributed by atoms with Gasteiger partial charge in [-0.15, -0.1) is 0 Å². The second-order valence-corrected chi connectivity index (χ2v) is 5.85. The molecular weight excluding hydrogens is 306 g/mol. The number of nitrogens with one attached hydrogen (secondary N) is 1. The van der Waals surface area contributed by atoms with Gasteiger partial charge in [-0.2, -0.15) is 5.10 Å². The molecule has 2 heterocycles. The molecule has 0 saturated heterocycles. The summed E-state index contributed by atoms with van der Waals surface area (Å²) in [6, 6.07) is 8.03. The van der Waals surface area contributed by atoms with Gasteiger partial charge in [0, 0.05) is 18.7 Å². The zero-order valence-corrected chi connectivity index (χ0v) is 14.3. The molecule has 0 fully saturated rings. The molecule has 0 radical (unpaired) electrons. The van der Waals surface area contributed by atoms with E-state index >= 15 is 0 Å². The number of para-hydroxylation sites is 1. The Kier molecular flexibility index (Phi) is 4.35. The molecule has 3 aromatic rings. The number of hydrogen-bond acceptors (Lipinski definition) is 5. The molecule has 24 heavy (non-hydrogen) atoms. The van der Waals surface area contributed by atoms with Crippen LogP contribution in [0, 0.1) is 0 Å². The van der Waals surface area contributed by atoms with Crippen LogP contribution in [-0.4, -0.2) is 38.8 Å². The number of benzene rings is 1. The first kappa shape index (κ1) is 16.2. The Morgan fingerprint density at radius 2 is 2.12 bits per heavy atom. The van der Waals surface area contributed by atoms with Crippen LogP contribution < -0.4 is 10.3 Å². The molecule has 7 nitrogen and oxygen atoms in total. The first-order valence-corrected chi connectivity index (χ1v) is 7.75. The molecule has 2 aromatic heterocycles. The van der Waals surface area contributed by atoms with E-state index in [2.05, 4.69) is 26.9 Å². The molecule has 0 bridgehead atoms. The van der Waals surface area contributed by atoms with Gasteiger partial charge in [0.15, 0.2) is 5.65 Å². The molecule has 3 rings (SSSR count). The van der Waals surface area contributed by atoms with E-state index in [0.717, 1.165) is 11.3 Å². The lowest BCUT2D eigenvalue weighted by molar-refractivity contribution is 0.241. The molecule has 0 aliphatic heterocycles. The Morgan fingerprint density at radius 3 is 2.88 bits per heavy atom. The molecule has 1 atom stereocenters. The van der Waals surface area contributed by atoms with E-state index in [1.165, 1.54) is 6.20 Å². The average molecular weight is 327 g/mol. The van der Waals surface area contributed by atoms with Gasteiger partial charge in [0.1, 0.15) is 17.0 Å². The summed E-state index contributed by atoms with van der Waals surface area (Å²) in [4.78, 5) is 21.6. The minimum absolute atomic E-state index is 0.105. The summed E-state index contributed by atoms with van der Waals surface area (Å²) in [5.74, 6) is 1.46. The number of fused-ring (bicyclic) bond motifs is 1. The molecule has 0 amide bonds. The third-order valence-corrected chi connectivity index (χ3v) is 4.30. The van der Waals surface area contributed by atoms with Crippen LogP contribution in [0.3, 0.4) is 0 Å². The highest BCUT2D eigenvalue weighted by atomic mass is 16.5. The van der Waals surface area contributed by atoms with Gasteiger partial charge in [-0.1, -0.05) is 18.2 Å². The Balaban J connectivity index is 1.87. The van der Waals surface area contributed by atoms with Crippen LogP contribution in [0.25, 0.3) is 11.0 Å². The Bertz CT molecular complexity index is 915. The van der Waals surface area contributed by atoms with Crippen LogP contribution >= 0.6 is 0 Å². The fourth-order valence-electron chi connectivity index (χ4n) is 2.78. The lowest BCUT2D eigenvalue weighted by Crippen LogP contribution is -2.25. The van der Waals surface area contributed by atoms with Gasteiger partial charge in [-0.3, -0.25) is 14.4 Å². The van der Waals surface area contributed by atoms with Crippen LogP contribution in [-0.2, 0) is 13.6 Å². The molecule has 7 heteroatoms. The number of aromatic nitrogens is 4. The minimum Gasteiger partial charge on any atom is -0.496 e. The monoisotopic (exact) mass is 327 g/mol. The minimum atomic E-state index is -0.165. The van der Waals surface area contributed by atoms with Gasteiger partial charge >= 0.3 is 0 Å². The SMILES string of the molecule is COc1ccccc1[C@@H](C)N(C)Cc1nc2c(cnn2C)c(=O)[nH]1. The second-order valence-electron chi connectivity index (χ2n) is 5.85. The summed E-state index contributed by atoms with van der Waals surface area (Å²) in [6.07, 6.45) is 1.53. The third kappa shape index (κ3) is 2.90. The summed E-state index contributed by atoms with van der Waals surface area (Å²) < 4.78 is 7.05. The standard InChI is InChI=1S/C17H21N5O2/c1-11(12-7-5-6-8-14(12)24-4)21(2)10-15-19-16-13(17(23)20-15)9-18-22(16)3/h5-9,11H,10H2,1-4H3,(H,19,20,23)/t11-/m1/s1. The molecule has 0 saturated carbocycles. The van der Waals surface area contributed by atoms with E-state index in [1.54, 1.807) is 18.8 Å². The van der Waals surface area contributed by atoms with E-state index in [4.69, 9.17) is 4.74 Å². The van der Waals surface area contributed by atoms with E-state index in [-0.39, 0.29) is 11.6 Å². The van der Waals surface area contributed by atoms with Crippen LogP contribution in [0.5, 0.6) is 5.75 Å². The van der Waals surface area contributed by atoms with Gasteiger partial charge in [0.05, 0.1) is 19.9 Å². The topological polar surface area (TPSA) is 76.0 Å². The van der Waals surface area contributed by atoms with E-state index < -0.39 is 0 Å². The summed E-state index contributed by atoms with van der Waals surface area (Å²) in [6.45, 7) is 2.61. The average Bonchev–Trinajstić information content (AvgIpc) is 2.96. The van der Waals surface area contributed by atoms with Gasteiger partial charge in [0.25, 0.3) is 5.56 Å². The number of methoxy groups -OCH3 is 1. The van der Waals surface area contributed by atoms with Gasteiger partial charge in [-0.25, -0.2) is 4.98 Å². The summed E-state index contributed by atoms with van der Waals surface area (Å²) in [5, 5.41) is 4.59. The Labute approximate surface area is 139 Å². The number of H-pyrrole nitrogens is 1. The Hall–Kier alpha value is -2.67. The maximum atomic E-state index is 12.1. The van der Waals surface area contributed by atoms with Gasteiger partial charge in [-0.05, 0) is 20.0 Å². The van der Waals surface area contributed by atoms with Crippen molar-refractivity contribution in [3.8, 4) is 5.75 Å². The summed E-state index contributed by atoms with van der Waals surface area (Å²) in [5.41, 5.74) is 1.51. The van der Waals surface area contributed by atoms with Crippen molar-refractivity contribution in [2.45, 2.75) is 19.5 Å². The van der Waals surface area contributed by atoms with Crippen LogP contribution in [0.4, 0.5) is 0 Å². The van der Waals surface area contributed by atoms with Crippen LogP contribution in [0.15, 0.2) is 35.3 Å². The highest BCUT2D eigenvalue weighted by Gasteiger charge is 2.17. The summed E-state index contributed by atoms with van der Waals surface area (Å²) in [7, 11) is 5.44. The normalized spacial score (nSPS) is 12.7. The van der Waals surface area contributed by atoms with Gasteiger partial charge < -0.3 is 9.72 Å². The van der Waals surface area contributed by atoms with Crippen molar-refractivity contribution in [1.29, 1.82) is 0 Å². The Morgan fingerprint density at radius 1 is 1.38 bits per heavy atom. The van der Waals surface area contributed by atoms with Crippen molar-refractivity contribution in [3.05, 3.63) is 52.2 Å². The molecule has 1 aromatic carbocycles. The fourth-order valence-corrected chi connectivity index (χ4v) is 2.78. The highest BCUT2D eigenvalue weighted by molar-refractivity contribution is 5.72. The van der Waals surface area contributed by atoms with Crippen molar-refractivity contribution < 1.29 is 4.74 Å². The zero-order chi connectivity index (χ0) is 17.3. The molecule has 126 valence electrons.